The predicted molar refractivity (Wildman–Crippen MR) is 433 cm³/mol. The first-order valence-corrected chi connectivity index (χ1v) is 36.0. The van der Waals surface area contributed by atoms with Gasteiger partial charge in [-0.3, -0.25) is 0 Å². The average Bonchev–Trinajstić information content (AvgIpc) is 1.58. The van der Waals surface area contributed by atoms with Gasteiger partial charge in [-0.1, -0.05) is 230 Å². The second kappa shape index (κ2) is 24.0. The summed E-state index contributed by atoms with van der Waals surface area (Å²) in [5, 5.41) is 35.6. The molecule has 0 atom stereocenters. The summed E-state index contributed by atoms with van der Waals surface area (Å²) in [6, 6.07) is 115. The van der Waals surface area contributed by atoms with Crippen molar-refractivity contribution in [3.05, 3.63) is 333 Å². The molecule has 480 valence electrons. The highest BCUT2D eigenvalue weighted by atomic mass is 35.5. The number of hydrogen-bond donors (Lipinski definition) is 2. The minimum absolute atomic E-state index is 0.446. The number of thiophene rings is 2. The molecule has 0 saturated carbocycles. The molecule has 22 rings (SSSR count). The maximum absolute atomic E-state index is 10.3. The quantitative estimate of drug-likeness (QED) is 0.162. The number of aromatic nitrogens is 6. The molecule has 22 aromatic rings. The minimum atomic E-state index is -1.59. The van der Waals surface area contributed by atoms with Gasteiger partial charge in [0, 0.05) is 102 Å². The Bertz CT molecular complexity index is 6700. The standard InChI is InChI=1S/C45H27N3S.C30H21BN2O2.C15H8ClNS/c1-7-19-37-35(17-1)43(45-44(46-37)36-18-6-12-24-42(36)49-45)28-25-29(47-38-20-8-2-13-31(38)32-14-3-9-21-39(32)47)27-30(26-28)48-40-22-10-4-15-33(40)34-16-5-11-23-41(34)48;34-31(35)20-17-21(32-27-13-5-1-9-23(27)24-10-2-6-14-28(24)32)19-22(18-20)33-29-15-7-3-11-25(29)26-12-4-8-16-30(26)33;16-13-9-5-1-3-7-11(9)17-14-10-6-2-4-8-12(10)18-15(13)14/h1-27H;1-19,34-35H;1-8H. The Labute approximate surface area is 597 Å². The van der Waals surface area contributed by atoms with E-state index in [2.05, 4.69) is 273 Å². The van der Waals surface area contributed by atoms with E-state index in [-0.39, 0.29) is 0 Å². The molecule has 2 N–H and O–H groups in total. The second-order valence-electron chi connectivity index (χ2n) is 25.9. The zero-order chi connectivity index (χ0) is 67.7. The van der Waals surface area contributed by atoms with Crippen LogP contribution in [0.1, 0.15) is 0 Å². The molecule has 0 aliphatic rings. The molecular weight excluding hydrogens is 1310 g/mol. The van der Waals surface area contributed by atoms with Gasteiger partial charge in [0.05, 0.1) is 80.6 Å². The highest BCUT2D eigenvalue weighted by Gasteiger charge is 2.24. The van der Waals surface area contributed by atoms with Crippen molar-refractivity contribution >= 4 is 196 Å². The first-order chi connectivity index (χ1) is 50.4. The van der Waals surface area contributed by atoms with E-state index < -0.39 is 7.12 Å². The van der Waals surface area contributed by atoms with E-state index in [9.17, 15) is 10.0 Å². The highest BCUT2D eigenvalue weighted by Crippen LogP contribution is 2.47. The topological polar surface area (TPSA) is 86.0 Å². The molecule has 8 heterocycles. The molecule has 102 heavy (non-hydrogen) atoms. The van der Waals surface area contributed by atoms with E-state index in [4.69, 9.17) is 21.6 Å². The average molecular weight is 1360 g/mol. The van der Waals surface area contributed by atoms with Gasteiger partial charge in [-0.15, -0.1) is 22.7 Å². The van der Waals surface area contributed by atoms with Gasteiger partial charge in [0.2, 0.25) is 0 Å². The van der Waals surface area contributed by atoms with E-state index in [0.29, 0.717) is 5.46 Å². The summed E-state index contributed by atoms with van der Waals surface area (Å²) in [5.41, 5.74) is 20.0. The lowest BCUT2D eigenvalue weighted by atomic mass is 9.80. The maximum Gasteiger partial charge on any atom is 0.488 e. The fourth-order valence-corrected chi connectivity index (χ4v) is 18.4. The van der Waals surface area contributed by atoms with E-state index in [1.54, 1.807) is 11.3 Å². The Balaban J connectivity index is 0.000000114. The molecule has 0 aliphatic heterocycles. The molecule has 0 unspecified atom stereocenters. The van der Waals surface area contributed by atoms with E-state index in [0.717, 1.165) is 109 Å². The van der Waals surface area contributed by atoms with Crippen LogP contribution in [-0.2, 0) is 0 Å². The van der Waals surface area contributed by atoms with Crippen molar-refractivity contribution in [2.24, 2.45) is 0 Å². The smallest absolute Gasteiger partial charge is 0.423 e. The van der Waals surface area contributed by atoms with Crippen molar-refractivity contribution < 1.29 is 10.0 Å². The van der Waals surface area contributed by atoms with Gasteiger partial charge in [0.15, 0.2) is 0 Å². The highest BCUT2D eigenvalue weighted by molar-refractivity contribution is 7.26. The van der Waals surface area contributed by atoms with Crippen LogP contribution in [0.4, 0.5) is 0 Å². The van der Waals surface area contributed by atoms with Crippen LogP contribution in [0, 0.1) is 0 Å². The molecule has 8 nitrogen and oxygen atoms in total. The lowest BCUT2D eigenvalue weighted by Crippen LogP contribution is -2.30. The number of para-hydroxylation sites is 10. The third-order valence-electron chi connectivity index (χ3n) is 20.1. The fourth-order valence-electron chi connectivity index (χ4n) is 15.7. The molecule has 0 bridgehead atoms. The number of halogens is 1. The molecule has 0 saturated heterocycles. The molecular formula is C90H56BClN6O2S2. The molecule has 0 spiro atoms. The number of pyridine rings is 2. The largest absolute Gasteiger partial charge is 0.488 e. The SMILES string of the molecule is Clc1c2ccccc2nc2c1sc1ccccc12.OB(O)c1cc(-n2c3ccccc3c3ccccc32)cc(-n2c3ccccc3c3ccccc32)c1.c1ccc2c(-c3cc(-n4c5ccccc5c5ccccc54)cc(-n4c5ccccc5c5ccccc54)c3)c3sc4ccccc4c3nc2c1. The Morgan fingerprint density at radius 2 is 0.539 bits per heavy atom. The molecule has 0 fully saturated rings. The predicted octanol–water partition coefficient (Wildman–Crippen LogP) is 23.3. The Kier molecular flexibility index (Phi) is 14.1. The van der Waals surface area contributed by atoms with Crippen LogP contribution in [-0.4, -0.2) is 45.4 Å². The summed E-state index contributed by atoms with van der Waals surface area (Å²) in [6.07, 6.45) is 0. The normalized spacial score (nSPS) is 11.9. The number of fused-ring (bicyclic) bond motifs is 20. The monoisotopic (exact) mass is 1360 g/mol. The Morgan fingerprint density at radius 1 is 0.275 bits per heavy atom. The van der Waals surface area contributed by atoms with Crippen molar-refractivity contribution in [3.8, 4) is 33.9 Å². The van der Waals surface area contributed by atoms with Gasteiger partial charge in [-0.2, -0.15) is 0 Å². The van der Waals surface area contributed by atoms with Crippen molar-refractivity contribution in [1.29, 1.82) is 0 Å². The zero-order valence-corrected chi connectivity index (χ0v) is 56.9. The van der Waals surface area contributed by atoms with E-state index in [1.165, 1.54) is 79.6 Å². The van der Waals surface area contributed by atoms with Crippen molar-refractivity contribution in [2.45, 2.75) is 0 Å². The summed E-state index contributed by atoms with van der Waals surface area (Å²) < 4.78 is 14.1. The van der Waals surface area contributed by atoms with Crippen molar-refractivity contribution in [2.75, 3.05) is 0 Å². The number of nitrogens with zero attached hydrogens (tertiary/aromatic N) is 6. The molecule has 12 heteroatoms. The number of hydrogen-bond acceptors (Lipinski definition) is 6. The minimum Gasteiger partial charge on any atom is -0.423 e. The van der Waals surface area contributed by atoms with Crippen LogP contribution in [0.15, 0.2) is 328 Å². The summed E-state index contributed by atoms with van der Waals surface area (Å²) in [4.78, 5) is 10.0. The summed E-state index contributed by atoms with van der Waals surface area (Å²) >= 11 is 10.1. The first kappa shape index (κ1) is 59.8. The van der Waals surface area contributed by atoms with E-state index in [1.807, 2.05) is 84.1 Å². The second-order valence-corrected chi connectivity index (χ2v) is 28.4. The van der Waals surface area contributed by atoms with Crippen LogP contribution in [0.2, 0.25) is 5.02 Å². The number of rotatable bonds is 6. The van der Waals surface area contributed by atoms with Gasteiger partial charge in [0.1, 0.15) is 0 Å². The Morgan fingerprint density at radius 3 is 0.892 bits per heavy atom. The van der Waals surface area contributed by atoms with Crippen LogP contribution >= 0.6 is 34.3 Å². The fraction of sp³-hybridized carbons (Fsp3) is 0. The molecule has 0 aliphatic carbocycles. The summed E-state index contributed by atoms with van der Waals surface area (Å²) in [6.45, 7) is 0. The van der Waals surface area contributed by atoms with Crippen LogP contribution in [0.5, 0.6) is 0 Å². The van der Waals surface area contributed by atoms with Gasteiger partial charge in [0.25, 0.3) is 0 Å². The van der Waals surface area contributed by atoms with Crippen molar-refractivity contribution in [1.82, 2.24) is 28.2 Å². The summed E-state index contributed by atoms with van der Waals surface area (Å²) in [5.74, 6) is 0. The molecule has 14 aromatic carbocycles. The first-order valence-electron chi connectivity index (χ1n) is 34.0. The lowest BCUT2D eigenvalue weighted by Gasteiger charge is -2.17. The Hall–Kier alpha value is -12.2. The molecule has 8 aromatic heterocycles. The van der Waals surface area contributed by atoms with Gasteiger partial charge < -0.3 is 28.3 Å². The third-order valence-corrected chi connectivity index (χ3v) is 23.0. The van der Waals surface area contributed by atoms with E-state index >= 15 is 0 Å². The molecule has 0 amide bonds. The number of benzene rings is 14. The van der Waals surface area contributed by atoms with Crippen molar-refractivity contribution in [3.63, 3.8) is 0 Å². The van der Waals surface area contributed by atoms with Gasteiger partial charge in [-0.05, 0) is 120 Å². The van der Waals surface area contributed by atoms with Crippen LogP contribution in [0.3, 0.4) is 0 Å². The van der Waals surface area contributed by atoms with Crippen LogP contribution in [0.25, 0.3) is 184 Å². The zero-order valence-electron chi connectivity index (χ0n) is 54.5. The lowest BCUT2D eigenvalue weighted by molar-refractivity contribution is 0.425. The molecule has 0 radical (unpaired) electrons. The van der Waals surface area contributed by atoms with Crippen LogP contribution < -0.4 is 5.46 Å². The maximum atomic E-state index is 10.3. The summed E-state index contributed by atoms with van der Waals surface area (Å²) in [7, 11) is -1.59. The van der Waals surface area contributed by atoms with Gasteiger partial charge in [-0.25, -0.2) is 9.97 Å². The van der Waals surface area contributed by atoms with Gasteiger partial charge >= 0.3 is 7.12 Å². The third kappa shape index (κ3) is 9.51.